The number of carbonyl (C=O) groups excluding carboxylic acids is 1. The highest BCUT2D eigenvalue weighted by molar-refractivity contribution is 7.98. The lowest BCUT2D eigenvalue weighted by molar-refractivity contribution is -0.122. The van der Waals surface area contributed by atoms with Crippen molar-refractivity contribution in [3.8, 4) is 0 Å². The van der Waals surface area contributed by atoms with Crippen LogP contribution in [-0.2, 0) is 11.3 Å². The van der Waals surface area contributed by atoms with Gasteiger partial charge in [-0.15, -0.1) is 0 Å². The summed E-state index contributed by atoms with van der Waals surface area (Å²) < 4.78 is 5.25. The summed E-state index contributed by atoms with van der Waals surface area (Å²) in [6.07, 6.45) is 4.75. The van der Waals surface area contributed by atoms with E-state index in [0.29, 0.717) is 24.6 Å². The quantitative estimate of drug-likeness (QED) is 0.731. The Morgan fingerprint density at radius 1 is 1.50 bits per heavy atom. The Kier molecular flexibility index (Phi) is 7.69. The molecule has 0 aliphatic carbocycles. The molecule has 0 aliphatic rings. The lowest BCUT2D eigenvalue weighted by atomic mass is 9.99. The molecule has 0 saturated heterocycles. The van der Waals surface area contributed by atoms with E-state index < -0.39 is 6.04 Å². The number of aromatic nitrogens is 1. The molecule has 0 radical (unpaired) electrons. The molecule has 0 spiro atoms. The summed E-state index contributed by atoms with van der Waals surface area (Å²) in [6, 6.07) is 1.47. The first-order chi connectivity index (χ1) is 9.62. The Hall–Kier alpha value is -1.01. The number of carbonyl (C=O) groups is 1. The minimum Gasteiger partial charge on any atom is -0.359 e. The number of nitrogens with one attached hydrogen (secondary N) is 1. The Bertz CT molecular complexity index is 405. The summed E-state index contributed by atoms with van der Waals surface area (Å²) in [5.74, 6) is 1.85. The van der Waals surface area contributed by atoms with Crippen molar-refractivity contribution in [1.29, 1.82) is 0 Å². The van der Waals surface area contributed by atoms with E-state index in [1.807, 2.05) is 12.3 Å². The van der Waals surface area contributed by atoms with E-state index in [9.17, 15) is 4.79 Å². The molecule has 1 rings (SSSR count). The minimum atomic E-state index is -0.455. The second kappa shape index (κ2) is 9.02. The van der Waals surface area contributed by atoms with E-state index in [-0.39, 0.29) is 5.91 Å². The summed E-state index contributed by atoms with van der Waals surface area (Å²) in [4.78, 5) is 11.8. The number of hydrogen-bond donors (Lipinski definition) is 2. The Morgan fingerprint density at radius 2 is 2.20 bits per heavy atom. The van der Waals surface area contributed by atoms with Crippen LogP contribution in [0.3, 0.4) is 0 Å². The second-order valence-electron chi connectivity index (χ2n) is 4.84. The summed E-state index contributed by atoms with van der Waals surface area (Å²) in [7, 11) is 0. The largest absolute Gasteiger partial charge is 0.359 e. The normalized spacial score (nSPS) is 12.7. The Morgan fingerprint density at radius 3 is 2.80 bits per heavy atom. The molecule has 0 aromatic carbocycles. The highest BCUT2D eigenvalue weighted by Gasteiger charge is 2.15. The van der Waals surface area contributed by atoms with Gasteiger partial charge in [0.2, 0.25) is 5.91 Å². The van der Waals surface area contributed by atoms with E-state index in [0.717, 1.165) is 24.3 Å². The zero-order valence-corrected chi connectivity index (χ0v) is 13.3. The van der Waals surface area contributed by atoms with Gasteiger partial charge in [0.25, 0.3) is 0 Å². The lowest BCUT2D eigenvalue weighted by Crippen LogP contribution is -2.40. The molecule has 114 valence electrons. The van der Waals surface area contributed by atoms with Gasteiger partial charge in [-0.2, -0.15) is 11.8 Å². The monoisotopic (exact) mass is 299 g/mol. The topological polar surface area (TPSA) is 81.2 Å². The number of rotatable bonds is 9. The van der Waals surface area contributed by atoms with Gasteiger partial charge in [0.1, 0.15) is 0 Å². The van der Waals surface area contributed by atoms with Crippen molar-refractivity contribution >= 4 is 17.7 Å². The van der Waals surface area contributed by atoms with Crippen LogP contribution in [0.25, 0.3) is 0 Å². The molecule has 3 N–H and O–H groups in total. The highest BCUT2D eigenvalue weighted by atomic mass is 32.2. The van der Waals surface area contributed by atoms with E-state index in [2.05, 4.69) is 24.3 Å². The van der Waals surface area contributed by atoms with Gasteiger partial charge >= 0.3 is 0 Å². The van der Waals surface area contributed by atoms with E-state index in [4.69, 9.17) is 10.3 Å². The van der Waals surface area contributed by atoms with Gasteiger partial charge in [0.05, 0.1) is 18.3 Å². The van der Waals surface area contributed by atoms with Crippen LogP contribution in [0, 0.1) is 0 Å². The number of nitrogens with zero attached hydrogens (tertiary/aromatic N) is 1. The van der Waals surface area contributed by atoms with E-state index in [1.165, 1.54) is 0 Å². The third-order valence-corrected chi connectivity index (χ3v) is 4.03. The second-order valence-corrected chi connectivity index (χ2v) is 5.82. The zero-order valence-electron chi connectivity index (χ0n) is 12.5. The fraction of sp³-hybridized carbons (Fsp3) is 0.714. The molecule has 1 heterocycles. The smallest absolute Gasteiger partial charge is 0.237 e. The standard InChI is InChI=1S/C14H25N3O2S/c1-4-10(5-2)13-8-11(19-17-13)9-16-14(18)12(15)6-7-20-3/h8,10,12H,4-7,9,15H2,1-3H3,(H,16,18)/t12-/m0/s1. The van der Waals surface area contributed by atoms with Crippen LogP contribution in [-0.4, -0.2) is 29.1 Å². The molecule has 1 aromatic rings. The first-order valence-electron chi connectivity index (χ1n) is 7.10. The lowest BCUT2D eigenvalue weighted by Gasteiger charge is -2.10. The maximum atomic E-state index is 11.8. The molecule has 0 saturated carbocycles. The average molecular weight is 299 g/mol. The molecular weight excluding hydrogens is 274 g/mol. The Balaban J connectivity index is 2.44. The van der Waals surface area contributed by atoms with Crippen LogP contribution in [0.5, 0.6) is 0 Å². The van der Waals surface area contributed by atoms with Crippen LogP contribution < -0.4 is 11.1 Å². The summed E-state index contributed by atoms with van der Waals surface area (Å²) >= 11 is 1.68. The number of nitrogens with two attached hydrogens (primary N) is 1. The Labute approximate surface area is 125 Å². The van der Waals surface area contributed by atoms with Crippen molar-refractivity contribution in [2.24, 2.45) is 5.73 Å². The molecule has 1 aromatic heterocycles. The number of amides is 1. The molecular formula is C14H25N3O2S. The molecule has 0 aliphatic heterocycles. The van der Waals surface area contributed by atoms with Crippen LogP contribution in [0.1, 0.15) is 50.5 Å². The zero-order chi connectivity index (χ0) is 15.0. The van der Waals surface area contributed by atoms with Crippen LogP contribution in [0.15, 0.2) is 10.6 Å². The van der Waals surface area contributed by atoms with Gasteiger partial charge in [-0.05, 0) is 31.3 Å². The fourth-order valence-corrected chi connectivity index (χ4v) is 2.48. The van der Waals surface area contributed by atoms with Crippen LogP contribution in [0.2, 0.25) is 0 Å². The van der Waals surface area contributed by atoms with Gasteiger partial charge in [0, 0.05) is 12.0 Å². The van der Waals surface area contributed by atoms with Gasteiger partial charge in [-0.25, -0.2) is 0 Å². The van der Waals surface area contributed by atoms with E-state index in [1.54, 1.807) is 11.8 Å². The minimum absolute atomic E-state index is 0.139. The van der Waals surface area contributed by atoms with Gasteiger partial charge in [-0.3, -0.25) is 4.79 Å². The highest BCUT2D eigenvalue weighted by Crippen LogP contribution is 2.22. The molecule has 5 nitrogen and oxygen atoms in total. The first-order valence-corrected chi connectivity index (χ1v) is 8.49. The van der Waals surface area contributed by atoms with Gasteiger partial charge in [-0.1, -0.05) is 19.0 Å². The third-order valence-electron chi connectivity index (χ3n) is 3.39. The van der Waals surface area contributed by atoms with Gasteiger partial charge < -0.3 is 15.6 Å². The molecule has 0 unspecified atom stereocenters. The van der Waals surface area contributed by atoms with Crippen LogP contribution in [0.4, 0.5) is 0 Å². The molecule has 0 fully saturated rings. The predicted octanol–water partition coefficient (Wildman–Crippen LogP) is 2.27. The van der Waals surface area contributed by atoms with E-state index >= 15 is 0 Å². The van der Waals surface area contributed by atoms with Crippen molar-refractivity contribution in [1.82, 2.24) is 10.5 Å². The maximum absolute atomic E-state index is 11.8. The molecule has 1 amide bonds. The number of hydrogen-bond acceptors (Lipinski definition) is 5. The fourth-order valence-electron chi connectivity index (χ4n) is 1.99. The molecule has 6 heteroatoms. The predicted molar refractivity (Wildman–Crippen MR) is 82.6 cm³/mol. The van der Waals surface area contributed by atoms with Crippen molar-refractivity contribution in [2.75, 3.05) is 12.0 Å². The molecule has 20 heavy (non-hydrogen) atoms. The van der Waals surface area contributed by atoms with Crippen LogP contribution >= 0.6 is 11.8 Å². The number of thioether (sulfide) groups is 1. The van der Waals surface area contributed by atoms with Crippen molar-refractivity contribution in [3.05, 3.63) is 17.5 Å². The maximum Gasteiger partial charge on any atom is 0.237 e. The van der Waals surface area contributed by atoms with Crippen molar-refractivity contribution in [3.63, 3.8) is 0 Å². The van der Waals surface area contributed by atoms with Crippen molar-refractivity contribution in [2.45, 2.75) is 51.6 Å². The average Bonchev–Trinajstić information content (AvgIpc) is 2.92. The third kappa shape index (κ3) is 5.17. The molecule has 1 atom stereocenters. The summed E-state index contributed by atoms with van der Waals surface area (Å²) in [5.41, 5.74) is 6.76. The first kappa shape index (κ1) is 17.0. The summed E-state index contributed by atoms with van der Waals surface area (Å²) in [5, 5.41) is 6.86. The summed E-state index contributed by atoms with van der Waals surface area (Å²) in [6.45, 7) is 4.61. The van der Waals surface area contributed by atoms with Crippen molar-refractivity contribution < 1.29 is 9.32 Å². The SMILES string of the molecule is CCC(CC)c1cc(CNC(=O)[C@@H](N)CCSC)on1. The molecule has 0 bridgehead atoms. The van der Waals surface area contributed by atoms with Gasteiger partial charge in [0.15, 0.2) is 5.76 Å².